The Morgan fingerprint density at radius 3 is 2.74 bits per heavy atom. The van der Waals surface area contributed by atoms with Crippen LogP contribution >= 0.6 is 0 Å². The Morgan fingerprint density at radius 1 is 1.32 bits per heavy atom. The lowest BCUT2D eigenvalue weighted by Gasteiger charge is -2.33. The zero-order valence-corrected chi connectivity index (χ0v) is 10.9. The third-order valence-electron chi connectivity index (χ3n) is 3.34. The van der Waals surface area contributed by atoms with E-state index in [1.807, 2.05) is 0 Å². The summed E-state index contributed by atoms with van der Waals surface area (Å²) in [6, 6.07) is 4.67. The van der Waals surface area contributed by atoms with Crippen molar-refractivity contribution in [2.75, 3.05) is 31.3 Å². The molecule has 1 fully saturated rings. The molecule has 5 heteroatoms. The van der Waals surface area contributed by atoms with Crippen molar-refractivity contribution >= 4 is 5.69 Å². The van der Waals surface area contributed by atoms with Crippen molar-refractivity contribution in [1.82, 2.24) is 0 Å². The van der Waals surface area contributed by atoms with Crippen LogP contribution in [0.3, 0.4) is 0 Å². The Morgan fingerprint density at radius 2 is 2.05 bits per heavy atom. The minimum atomic E-state index is -0.408. The molecule has 1 aromatic carbocycles. The van der Waals surface area contributed by atoms with E-state index in [2.05, 4.69) is 4.90 Å². The number of anilines is 1. The molecule has 0 aliphatic carbocycles. The van der Waals surface area contributed by atoms with Crippen molar-refractivity contribution in [3.05, 3.63) is 24.0 Å². The SMILES string of the molecule is NC1CCN(c2cc(F)ccc2OCCCF)CC1. The number of hydrogen-bond acceptors (Lipinski definition) is 3. The average molecular weight is 270 g/mol. The molecular formula is C14H20F2N2O. The van der Waals surface area contributed by atoms with E-state index >= 15 is 0 Å². The molecule has 0 unspecified atom stereocenters. The molecule has 0 aromatic heterocycles. The largest absolute Gasteiger partial charge is 0.491 e. The normalized spacial score (nSPS) is 16.7. The van der Waals surface area contributed by atoms with E-state index in [0.717, 1.165) is 31.6 Å². The van der Waals surface area contributed by atoms with Crippen molar-refractivity contribution in [3.63, 3.8) is 0 Å². The molecule has 2 N–H and O–H groups in total. The van der Waals surface area contributed by atoms with E-state index in [1.54, 1.807) is 6.07 Å². The van der Waals surface area contributed by atoms with Crippen LogP contribution in [0, 0.1) is 5.82 Å². The van der Waals surface area contributed by atoms with Crippen LogP contribution in [-0.4, -0.2) is 32.4 Å². The average Bonchev–Trinajstić information content (AvgIpc) is 2.41. The second-order valence-electron chi connectivity index (χ2n) is 4.83. The van der Waals surface area contributed by atoms with Gasteiger partial charge in [0.2, 0.25) is 0 Å². The van der Waals surface area contributed by atoms with Crippen LogP contribution in [-0.2, 0) is 0 Å². The first-order valence-corrected chi connectivity index (χ1v) is 6.69. The van der Waals surface area contributed by atoms with E-state index in [9.17, 15) is 8.78 Å². The van der Waals surface area contributed by atoms with Gasteiger partial charge >= 0.3 is 0 Å². The highest BCUT2D eigenvalue weighted by molar-refractivity contribution is 5.59. The lowest BCUT2D eigenvalue weighted by atomic mass is 10.1. The first-order chi connectivity index (χ1) is 9.20. The number of piperidine rings is 1. The minimum absolute atomic E-state index is 0.223. The maximum absolute atomic E-state index is 13.4. The molecule has 0 spiro atoms. The quantitative estimate of drug-likeness (QED) is 0.835. The number of halogens is 2. The van der Waals surface area contributed by atoms with Crippen molar-refractivity contribution in [2.24, 2.45) is 5.73 Å². The molecule has 2 rings (SSSR count). The molecule has 0 saturated carbocycles. The molecule has 1 aliphatic heterocycles. The fourth-order valence-electron chi connectivity index (χ4n) is 2.24. The second kappa shape index (κ2) is 6.70. The highest BCUT2D eigenvalue weighted by Crippen LogP contribution is 2.31. The summed E-state index contributed by atoms with van der Waals surface area (Å²) in [6.07, 6.45) is 2.13. The van der Waals surface area contributed by atoms with Crippen LogP contribution in [0.4, 0.5) is 14.5 Å². The molecule has 0 radical (unpaired) electrons. The van der Waals surface area contributed by atoms with Gasteiger partial charge in [0.25, 0.3) is 0 Å². The zero-order chi connectivity index (χ0) is 13.7. The number of ether oxygens (including phenoxy) is 1. The van der Waals surface area contributed by atoms with Gasteiger partial charge in [-0.3, -0.25) is 4.39 Å². The fraction of sp³-hybridized carbons (Fsp3) is 0.571. The number of rotatable bonds is 5. The number of alkyl halides is 1. The third-order valence-corrected chi connectivity index (χ3v) is 3.34. The first-order valence-electron chi connectivity index (χ1n) is 6.69. The van der Waals surface area contributed by atoms with E-state index in [-0.39, 0.29) is 11.9 Å². The van der Waals surface area contributed by atoms with Gasteiger partial charge in [-0.1, -0.05) is 0 Å². The molecule has 1 aromatic rings. The summed E-state index contributed by atoms with van der Waals surface area (Å²) in [5.74, 6) is 0.327. The lowest BCUT2D eigenvalue weighted by Crippen LogP contribution is -2.39. The number of hydrogen-bond donors (Lipinski definition) is 1. The Hall–Kier alpha value is -1.36. The van der Waals surface area contributed by atoms with Crippen LogP contribution in [0.2, 0.25) is 0 Å². The monoisotopic (exact) mass is 270 g/mol. The van der Waals surface area contributed by atoms with Crippen molar-refractivity contribution in [2.45, 2.75) is 25.3 Å². The Kier molecular flexibility index (Phi) is 4.96. The molecule has 0 bridgehead atoms. The van der Waals surface area contributed by atoms with E-state index in [1.165, 1.54) is 12.1 Å². The van der Waals surface area contributed by atoms with E-state index in [0.29, 0.717) is 18.8 Å². The molecule has 1 heterocycles. The summed E-state index contributed by atoms with van der Waals surface area (Å²) in [5, 5.41) is 0. The highest BCUT2D eigenvalue weighted by atomic mass is 19.1. The Balaban J connectivity index is 2.10. The lowest BCUT2D eigenvalue weighted by molar-refractivity contribution is 0.289. The molecule has 19 heavy (non-hydrogen) atoms. The van der Waals surface area contributed by atoms with Gasteiger partial charge in [0.15, 0.2) is 0 Å². The van der Waals surface area contributed by atoms with Gasteiger partial charge in [-0.15, -0.1) is 0 Å². The van der Waals surface area contributed by atoms with Crippen molar-refractivity contribution in [3.8, 4) is 5.75 Å². The number of nitrogens with zero attached hydrogens (tertiary/aromatic N) is 1. The standard InChI is InChI=1S/C14H20F2N2O/c15-6-1-9-19-14-3-2-11(16)10-13(14)18-7-4-12(17)5-8-18/h2-3,10,12H,1,4-9,17H2. The van der Waals surface area contributed by atoms with Crippen LogP contribution in [0.15, 0.2) is 18.2 Å². The molecule has 0 atom stereocenters. The molecule has 0 amide bonds. The first kappa shape index (κ1) is 14.1. The number of nitrogens with two attached hydrogens (primary N) is 1. The van der Waals surface area contributed by atoms with Gasteiger partial charge in [0.1, 0.15) is 11.6 Å². The van der Waals surface area contributed by atoms with Gasteiger partial charge in [0, 0.05) is 31.6 Å². The predicted molar refractivity (Wildman–Crippen MR) is 71.9 cm³/mol. The maximum atomic E-state index is 13.4. The predicted octanol–water partition coefficient (Wildman–Crippen LogP) is 2.49. The van der Waals surface area contributed by atoms with Crippen LogP contribution in [0.5, 0.6) is 5.75 Å². The third kappa shape index (κ3) is 3.80. The van der Waals surface area contributed by atoms with Crippen LogP contribution < -0.4 is 15.4 Å². The van der Waals surface area contributed by atoms with Gasteiger partial charge in [-0.05, 0) is 25.0 Å². The summed E-state index contributed by atoms with van der Waals surface area (Å²) in [5.41, 5.74) is 6.61. The highest BCUT2D eigenvalue weighted by Gasteiger charge is 2.19. The summed E-state index contributed by atoms with van der Waals surface area (Å²) in [6.45, 7) is 1.49. The zero-order valence-electron chi connectivity index (χ0n) is 10.9. The summed E-state index contributed by atoms with van der Waals surface area (Å²) < 4.78 is 31.0. The van der Waals surface area contributed by atoms with Gasteiger partial charge in [-0.2, -0.15) is 0 Å². The second-order valence-corrected chi connectivity index (χ2v) is 4.83. The van der Waals surface area contributed by atoms with Gasteiger partial charge in [0.05, 0.1) is 19.0 Å². The van der Waals surface area contributed by atoms with Crippen LogP contribution in [0.1, 0.15) is 19.3 Å². The van der Waals surface area contributed by atoms with E-state index in [4.69, 9.17) is 10.5 Å². The summed E-state index contributed by atoms with van der Waals surface area (Å²) >= 11 is 0. The molecule has 1 aliphatic rings. The summed E-state index contributed by atoms with van der Waals surface area (Å²) in [4.78, 5) is 2.08. The van der Waals surface area contributed by atoms with Crippen molar-refractivity contribution < 1.29 is 13.5 Å². The fourth-order valence-corrected chi connectivity index (χ4v) is 2.24. The van der Waals surface area contributed by atoms with Gasteiger partial charge < -0.3 is 15.4 Å². The van der Waals surface area contributed by atoms with Crippen molar-refractivity contribution in [1.29, 1.82) is 0 Å². The molecule has 106 valence electrons. The van der Waals surface area contributed by atoms with E-state index < -0.39 is 6.67 Å². The Labute approximate surface area is 112 Å². The minimum Gasteiger partial charge on any atom is -0.491 e. The molecule has 1 saturated heterocycles. The van der Waals surface area contributed by atoms with Crippen LogP contribution in [0.25, 0.3) is 0 Å². The molecular weight excluding hydrogens is 250 g/mol. The summed E-state index contributed by atoms with van der Waals surface area (Å²) in [7, 11) is 0. The topological polar surface area (TPSA) is 38.5 Å². The Bertz CT molecular complexity index is 406. The van der Waals surface area contributed by atoms with Gasteiger partial charge in [-0.25, -0.2) is 4.39 Å². The number of benzene rings is 1. The maximum Gasteiger partial charge on any atom is 0.142 e. The smallest absolute Gasteiger partial charge is 0.142 e. The molecule has 3 nitrogen and oxygen atoms in total.